The van der Waals surface area contributed by atoms with Gasteiger partial charge in [-0.3, -0.25) is 0 Å². The Hall–Kier alpha value is -1.13. The van der Waals surface area contributed by atoms with Gasteiger partial charge in [-0.05, 0) is 58.1 Å². The summed E-state index contributed by atoms with van der Waals surface area (Å²) in [5.41, 5.74) is 1.86. The van der Waals surface area contributed by atoms with Crippen LogP contribution in [0.4, 0.5) is 0 Å². The smallest absolute Gasteiger partial charge is 0.207 e. The molecule has 0 amide bonds. The van der Waals surface area contributed by atoms with Gasteiger partial charge < -0.3 is 0 Å². The van der Waals surface area contributed by atoms with Crippen molar-refractivity contribution in [1.82, 2.24) is 4.72 Å². The largest absolute Gasteiger partial charge is 0.241 e. The van der Waals surface area contributed by atoms with Gasteiger partial charge in [-0.1, -0.05) is 42.7 Å². The highest BCUT2D eigenvalue weighted by atomic mass is 32.2. The molecule has 4 heteroatoms. The first kappa shape index (κ1) is 17.2. The Balaban J connectivity index is 2.24. The van der Waals surface area contributed by atoms with Crippen LogP contribution in [-0.2, 0) is 10.0 Å². The van der Waals surface area contributed by atoms with E-state index in [0.717, 1.165) is 44.1 Å². The number of rotatable bonds is 6. The summed E-state index contributed by atoms with van der Waals surface area (Å²) in [5.74, 6) is 0. The quantitative estimate of drug-likeness (QED) is 0.793. The summed E-state index contributed by atoms with van der Waals surface area (Å²) in [6.07, 6.45) is 8.39. The van der Waals surface area contributed by atoms with Gasteiger partial charge in [0.15, 0.2) is 0 Å². The number of benzene rings is 1. The van der Waals surface area contributed by atoms with E-state index in [1.54, 1.807) is 12.1 Å². The van der Waals surface area contributed by atoms with E-state index in [0.29, 0.717) is 4.90 Å². The molecule has 1 unspecified atom stereocenters. The molecule has 0 radical (unpaired) electrons. The molecule has 0 saturated heterocycles. The fraction of sp³-hybridized carbons (Fsp3) is 0.556. The van der Waals surface area contributed by atoms with Crippen molar-refractivity contribution >= 4 is 10.0 Å². The SMILES string of the molecule is CCCCC1=CCCCC1(C)NS(=O)(=O)c1ccc(C)cc1. The minimum absolute atomic E-state index is 0.347. The van der Waals surface area contributed by atoms with Crippen LogP contribution in [0.25, 0.3) is 0 Å². The third kappa shape index (κ3) is 3.99. The molecule has 1 atom stereocenters. The van der Waals surface area contributed by atoms with Crippen molar-refractivity contribution in [3.8, 4) is 0 Å². The van der Waals surface area contributed by atoms with Gasteiger partial charge in [0.1, 0.15) is 0 Å². The molecule has 0 heterocycles. The Morgan fingerprint density at radius 3 is 2.55 bits per heavy atom. The lowest BCUT2D eigenvalue weighted by Crippen LogP contribution is -2.48. The number of allylic oxidation sites excluding steroid dienone is 1. The highest BCUT2D eigenvalue weighted by molar-refractivity contribution is 7.89. The van der Waals surface area contributed by atoms with Gasteiger partial charge in [-0.2, -0.15) is 0 Å². The van der Waals surface area contributed by atoms with Crippen LogP contribution in [0.15, 0.2) is 40.8 Å². The predicted molar refractivity (Wildman–Crippen MR) is 91.4 cm³/mol. The second-order valence-electron chi connectivity index (χ2n) is 6.48. The van der Waals surface area contributed by atoms with E-state index >= 15 is 0 Å². The second kappa shape index (κ2) is 6.97. The molecule has 1 aliphatic rings. The molecule has 0 aliphatic heterocycles. The minimum atomic E-state index is -3.48. The van der Waals surface area contributed by atoms with Crippen LogP contribution in [-0.4, -0.2) is 14.0 Å². The van der Waals surface area contributed by atoms with Gasteiger partial charge in [0.25, 0.3) is 0 Å². The van der Waals surface area contributed by atoms with Gasteiger partial charge in [-0.15, -0.1) is 0 Å². The zero-order chi connectivity index (χ0) is 16.2. The molecule has 0 fully saturated rings. The Bertz CT molecular complexity index is 632. The molecule has 1 N–H and O–H groups in total. The third-order valence-electron chi connectivity index (χ3n) is 4.47. The molecule has 0 bridgehead atoms. The number of nitrogens with one attached hydrogen (secondary N) is 1. The highest BCUT2D eigenvalue weighted by Crippen LogP contribution is 2.33. The van der Waals surface area contributed by atoms with E-state index in [1.807, 2.05) is 26.0 Å². The molecule has 0 spiro atoms. The predicted octanol–water partition coefficient (Wildman–Crippen LogP) is 4.33. The average Bonchev–Trinajstić information content (AvgIpc) is 2.46. The maximum Gasteiger partial charge on any atom is 0.241 e. The first-order valence-electron chi connectivity index (χ1n) is 8.17. The number of hydrogen-bond donors (Lipinski definition) is 1. The van der Waals surface area contributed by atoms with E-state index < -0.39 is 15.6 Å². The zero-order valence-electron chi connectivity index (χ0n) is 13.9. The van der Waals surface area contributed by atoms with Crippen LogP contribution < -0.4 is 4.72 Å². The van der Waals surface area contributed by atoms with Crippen molar-refractivity contribution < 1.29 is 8.42 Å². The first-order valence-corrected chi connectivity index (χ1v) is 9.66. The Kier molecular flexibility index (Phi) is 5.45. The molecule has 2 rings (SSSR count). The Morgan fingerprint density at radius 1 is 1.23 bits per heavy atom. The molecule has 1 aromatic rings. The fourth-order valence-corrected chi connectivity index (χ4v) is 4.49. The van der Waals surface area contributed by atoms with Gasteiger partial charge in [0, 0.05) is 0 Å². The van der Waals surface area contributed by atoms with Crippen LogP contribution in [0, 0.1) is 6.92 Å². The summed E-state index contributed by atoms with van der Waals surface area (Å²) in [7, 11) is -3.48. The molecule has 122 valence electrons. The van der Waals surface area contributed by atoms with Crippen molar-refractivity contribution in [3.63, 3.8) is 0 Å². The molecule has 3 nitrogen and oxygen atoms in total. The summed E-state index contributed by atoms with van der Waals surface area (Å²) >= 11 is 0. The summed E-state index contributed by atoms with van der Waals surface area (Å²) < 4.78 is 28.4. The third-order valence-corrected chi connectivity index (χ3v) is 6.08. The average molecular weight is 321 g/mol. The van der Waals surface area contributed by atoms with Crippen LogP contribution in [0.3, 0.4) is 0 Å². The van der Waals surface area contributed by atoms with Gasteiger partial charge >= 0.3 is 0 Å². The topological polar surface area (TPSA) is 46.2 Å². The Morgan fingerprint density at radius 2 is 1.91 bits per heavy atom. The molecular weight excluding hydrogens is 294 g/mol. The van der Waals surface area contributed by atoms with Gasteiger partial charge in [0.05, 0.1) is 10.4 Å². The van der Waals surface area contributed by atoms with Crippen molar-refractivity contribution in [2.24, 2.45) is 0 Å². The van der Waals surface area contributed by atoms with Crippen LogP contribution in [0.1, 0.15) is 57.9 Å². The second-order valence-corrected chi connectivity index (χ2v) is 8.16. The maximum absolute atomic E-state index is 12.7. The molecule has 1 aliphatic carbocycles. The lowest BCUT2D eigenvalue weighted by molar-refractivity contribution is 0.401. The lowest BCUT2D eigenvalue weighted by atomic mass is 9.80. The van der Waals surface area contributed by atoms with E-state index in [-0.39, 0.29) is 0 Å². The van der Waals surface area contributed by atoms with Crippen molar-refractivity contribution in [2.75, 3.05) is 0 Å². The van der Waals surface area contributed by atoms with Crippen LogP contribution in [0.5, 0.6) is 0 Å². The fourth-order valence-electron chi connectivity index (χ4n) is 3.05. The van der Waals surface area contributed by atoms with Crippen LogP contribution in [0.2, 0.25) is 0 Å². The number of unbranched alkanes of at least 4 members (excludes halogenated alkanes) is 1. The van der Waals surface area contributed by atoms with Crippen molar-refractivity contribution in [2.45, 2.75) is 69.7 Å². The molecular formula is C18H27NO2S. The van der Waals surface area contributed by atoms with Crippen molar-refractivity contribution in [1.29, 1.82) is 0 Å². The first-order chi connectivity index (χ1) is 10.4. The monoisotopic (exact) mass is 321 g/mol. The normalized spacial score (nSPS) is 22.4. The Labute approximate surface area is 134 Å². The van der Waals surface area contributed by atoms with E-state index in [1.165, 1.54) is 5.57 Å². The minimum Gasteiger partial charge on any atom is -0.207 e. The molecule has 0 saturated carbocycles. The van der Waals surface area contributed by atoms with Crippen molar-refractivity contribution in [3.05, 3.63) is 41.5 Å². The van der Waals surface area contributed by atoms with E-state index in [2.05, 4.69) is 17.7 Å². The molecule has 0 aromatic heterocycles. The standard InChI is InChI=1S/C18H27NO2S/c1-4-5-8-16-9-6-7-14-18(16,3)19-22(20,21)17-12-10-15(2)11-13-17/h9-13,19H,4-8,14H2,1-3H3. The number of sulfonamides is 1. The zero-order valence-corrected chi connectivity index (χ0v) is 14.7. The summed E-state index contributed by atoms with van der Waals surface area (Å²) in [5, 5.41) is 0. The molecule has 22 heavy (non-hydrogen) atoms. The van der Waals surface area contributed by atoms with Gasteiger partial charge in [-0.25, -0.2) is 13.1 Å². The number of aryl methyl sites for hydroxylation is 1. The lowest BCUT2D eigenvalue weighted by Gasteiger charge is -2.36. The van der Waals surface area contributed by atoms with E-state index in [9.17, 15) is 8.42 Å². The summed E-state index contributed by atoms with van der Waals surface area (Å²) in [6.45, 7) is 6.15. The maximum atomic E-state index is 12.7. The number of hydrogen-bond acceptors (Lipinski definition) is 2. The summed E-state index contributed by atoms with van der Waals surface area (Å²) in [6, 6.07) is 7.04. The highest BCUT2D eigenvalue weighted by Gasteiger charge is 2.34. The summed E-state index contributed by atoms with van der Waals surface area (Å²) in [4.78, 5) is 0.347. The molecule has 1 aromatic carbocycles. The van der Waals surface area contributed by atoms with Gasteiger partial charge in [0.2, 0.25) is 10.0 Å². The van der Waals surface area contributed by atoms with E-state index in [4.69, 9.17) is 0 Å². The van der Waals surface area contributed by atoms with Crippen LogP contribution >= 0.6 is 0 Å².